The molecule has 17 heavy (non-hydrogen) atoms. The van der Waals surface area contributed by atoms with Crippen molar-refractivity contribution in [2.75, 3.05) is 20.3 Å². The van der Waals surface area contributed by atoms with Gasteiger partial charge < -0.3 is 21.3 Å². The zero-order chi connectivity index (χ0) is 13.3. The fourth-order valence-corrected chi connectivity index (χ4v) is 1.23. The summed E-state index contributed by atoms with van der Waals surface area (Å²) in [5.74, 6) is -0.531. The molecule has 0 heterocycles. The summed E-state index contributed by atoms with van der Waals surface area (Å²) in [5, 5.41) is 8.97. The zero-order valence-corrected chi connectivity index (χ0v) is 10.3. The molecule has 1 unspecified atom stereocenters. The Hall–Kier alpha value is -1.40. The first-order valence-electron chi connectivity index (χ1n) is 5.35. The summed E-state index contributed by atoms with van der Waals surface area (Å²) in [5.41, 5.74) is 9.74. The average molecular weight is 243 g/mol. The predicted octanol–water partition coefficient (Wildman–Crippen LogP) is 0.128. The Kier molecular flexibility index (Phi) is 7.16. The van der Waals surface area contributed by atoms with Crippen molar-refractivity contribution in [3.63, 3.8) is 0 Å². The number of ether oxygens (including phenoxy) is 1. The molecule has 0 rings (SSSR count). The van der Waals surface area contributed by atoms with Crippen LogP contribution in [0, 0.1) is 0 Å². The lowest BCUT2D eigenvalue weighted by atomic mass is 9.96. The van der Waals surface area contributed by atoms with E-state index in [1.54, 1.807) is 6.92 Å². The Balaban J connectivity index is 4.07. The summed E-state index contributed by atoms with van der Waals surface area (Å²) in [6.07, 6.45) is 4.54. The third kappa shape index (κ3) is 6.70. The van der Waals surface area contributed by atoms with Crippen molar-refractivity contribution >= 4 is 11.8 Å². The van der Waals surface area contributed by atoms with Crippen molar-refractivity contribution in [3.05, 3.63) is 12.2 Å². The van der Waals surface area contributed by atoms with E-state index in [9.17, 15) is 4.79 Å². The van der Waals surface area contributed by atoms with Gasteiger partial charge in [-0.15, -0.1) is 0 Å². The lowest BCUT2D eigenvalue weighted by Gasteiger charge is -2.22. The van der Waals surface area contributed by atoms with E-state index in [0.29, 0.717) is 25.2 Å². The van der Waals surface area contributed by atoms with Crippen LogP contribution in [0.2, 0.25) is 0 Å². The molecule has 0 aliphatic rings. The third-order valence-electron chi connectivity index (χ3n) is 2.20. The fourth-order valence-electron chi connectivity index (χ4n) is 1.23. The first kappa shape index (κ1) is 15.6. The van der Waals surface area contributed by atoms with Gasteiger partial charge in [0.05, 0.1) is 19.0 Å². The molecule has 0 amide bonds. The SMILES string of the molecule is COCC(N)(CC/C=C/CN=C(C)N)C(=O)O. The number of amidine groups is 1. The molecular formula is C11H21N3O3. The van der Waals surface area contributed by atoms with Gasteiger partial charge in [-0.25, -0.2) is 0 Å². The average Bonchev–Trinajstić information content (AvgIpc) is 2.23. The summed E-state index contributed by atoms with van der Waals surface area (Å²) in [4.78, 5) is 14.9. The minimum Gasteiger partial charge on any atom is -0.480 e. The molecule has 1 atom stereocenters. The second kappa shape index (κ2) is 7.81. The molecule has 0 fully saturated rings. The van der Waals surface area contributed by atoms with Crippen LogP contribution in [-0.2, 0) is 9.53 Å². The van der Waals surface area contributed by atoms with Gasteiger partial charge in [0.25, 0.3) is 0 Å². The number of hydrogen-bond donors (Lipinski definition) is 3. The van der Waals surface area contributed by atoms with Crippen LogP contribution >= 0.6 is 0 Å². The van der Waals surface area contributed by atoms with Gasteiger partial charge in [0, 0.05) is 7.11 Å². The van der Waals surface area contributed by atoms with Crippen LogP contribution in [0.5, 0.6) is 0 Å². The molecule has 0 aromatic rings. The number of aliphatic carboxylic acids is 1. The van der Waals surface area contributed by atoms with Gasteiger partial charge in [0.2, 0.25) is 0 Å². The number of rotatable bonds is 8. The zero-order valence-electron chi connectivity index (χ0n) is 10.3. The summed E-state index contributed by atoms with van der Waals surface area (Å²) < 4.78 is 4.81. The maximum atomic E-state index is 11.0. The van der Waals surface area contributed by atoms with Crippen LogP contribution in [0.1, 0.15) is 19.8 Å². The Bertz CT molecular complexity index is 298. The van der Waals surface area contributed by atoms with Crippen molar-refractivity contribution < 1.29 is 14.6 Å². The molecule has 0 saturated carbocycles. The summed E-state index contributed by atoms with van der Waals surface area (Å²) in [6.45, 7) is 2.20. The van der Waals surface area contributed by atoms with Gasteiger partial charge in [0.1, 0.15) is 5.54 Å². The van der Waals surface area contributed by atoms with Gasteiger partial charge in [-0.05, 0) is 19.8 Å². The molecular weight excluding hydrogens is 222 g/mol. The van der Waals surface area contributed by atoms with E-state index >= 15 is 0 Å². The standard InChI is InChI=1S/C11H21N3O3/c1-9(12)14-7-5-3-4-6-11(13,8-17-2)10(15)16/h3,5H,4,6-8,13H2,1-2H3,(H2,12,14)(H,15,16)/b5-3+. The van der Waals surface area contributed by atoms with Crippen molar-refractivity contribution in [1.29, 1.82) is 0 Å². The predicted molar refractivity (Wildman–Crippen MR) is 67.0 cm³/mol. The smallest absolute Gasteiger partial charge is 0.326 e. The van der Waals surface area contributed by atoms with Gasteiger partial charge in [-0.3, -0.25) is 9.79 Å². The highest BCUT2D eigenvalue weighted by atomic mass is 16.5. The molecule has 0 aromatic carbocycles. The Morgan fingerprint density at radius 3 is 2.65 bits per heavy atom. The van der Waals surface area contributed by atoms with E-state index in [1.165, 1.54) is 7.11 Å². The highest BCUT2D eigenvalue weighted by Crippen LogP contribution is 2.11. The molecule has 6 nitrogen and oxygen atoms in total. The topological polar surface area (TPSA) is 111 Å². The van der Waals surface area contributed by atoms with Crippen LogP contribution in [0.25, 0.3) is 0 Å². The van der Waals surface area contributed by atoms with Crippen molar-refractivity contribution in [2.24, 2.45) is 16.5 Å². The lowest BCUT2D eigenvalue weighted by molar-refractivity contribution is -0.145. The van der Waals surface area contributed by atoms with Gasteiger partial charge in [-0.1, -0.05) is 12.2 Å². The first-order valence-corrected chi connectivity index (χ1v) is 5.35. The van der Waals surface area contributed by atoms with Crippen molar-refractivity contribution in [3.8, 4) is 0 Å². The monoisotopic (exact) mass is 243 g/mol. The highest BCUT2D eigenvalue weighted by molar-refractivity contribution is 5.78. The maximum Gasteiger partial charge on any atom is 0.326 e. The molecule has 0 aromatic heterocycles. The van der Waals surface area contributed by atoms with Crippen LogP contribution in [0.4, 0.5) is 0 Å². The van der Waals surface area contributed by atoms with Crippen molar-refractivity contribution in [2.45, 2.75) is 25.3 Å². The lowest BCUT2D eigenvalue weighted by Crippen LogP contribution is -2.51. The minimum atomic E-state index is -1.33. The van der Waals surface area contributed by atoms with Crippen LogP contribution in [0.3, 0.4) is 0 Å². The summed E-state index contributed by atoms with van der Waals surface area (Å²) >= 11 is 0. The Labute approximate surface area is 101 Å². The van der Waals surface area contributed by atoms with E-state index in [2.05, 4.69) is 4.99 Å². The number of nitrogens with two attached hydrogens (primary N) is 2. The largest absolute Gasteiger partial charge is 0.480 e. The van der Waals surface area contributed by atoms with E-state index in [-0.39, 0.29) is 6.61 Å². The molecule has 0 bridgehead atoms. The second-order valence-corrected chi connectivity index (χ2v) is 3.89. The van der Waals surface area contributed by atoms with E-state index in [0.717, 1.165) is 0 Å². The molecule has 0 saturated heterocycles. The van der Waals surface area contributed by atoms with E-state index in [1.807, 2.05) is 12.2 Å². The minimum absolute atomic E-state index is 0.00374. The fraction of sp³-hybridized carbons (Fsp3) is 0.636. The Morgan fingerprint density at radius 2 is 2.18 bits per heavy atom. The molecule has 5 N–H and O–H groups in total. The molecule has 98 valence electrons. The highest BCUT2D eigenvalue weighted by Gasteiger charge is 2.32. The van der Waals surface area contributed by atoms with Gasteiger partial charge in [0.15, 0.2) is 0 Å². The molecule has 0 radical (unpaired) electrons. The molecule has 6 heteroatoms. The number of carbonyl (C=O) groups is 1. The second-order valence-electron chi connectivity index (χ2n) is 3.89. The van der Waals surface area contributed by atoms with Crippen LogP contribution < -0.4 is 11.5 Å². The number of allylic oxidation sites excluding steroid dienone is 1. The van der Waals surface area contributed by atoms with Crippen LogP contribution in [0.15, 0.2) is 17.1 Å². The molecule has 0 aliphatic carbocycles. The maximum absolute atomic E-state index is 11.0. The molecule has 0 spiro atoms. The third-order valence-corrected chi connectivity index (χ3v) is 2.20. The number of aliphatic imine (C=N–C) groups is 1. The number of nitrogens with zero attached hydrogens (tertiary/aromatic N) is 1. The quantitative estimate of drug-likeness (QED) is 0.319. The number of carboxylic acids is 1. The van der Waals surface area contributed by atoms with E-state index < -0.39 is 11.5 Å². The van der Waals surface area contributed by atoms with Gasteiger partial charge in [-0.2, -0.15) is 0 Å². The summed E-state index contributed by atoms with van der Waals surface area (Å²) in [6, 6.07) is 0. The number of carboxylic acid groups (broad SMARTS) is 1. The van der Waals surface area contributed by atoms with Gasteiger partial charge >= 0.3 is 5.97 Å². The molecule has 0 aliphatic heterocycles. The first-order chi connectivity index (χ1) is 7.92. The Morgan fingerprint density at radius 1 is 1.53 bits per heavy atom. The normalized spacial score (nSPS) is 16.1. The number of methoxy groups -OCH3 is 1. The number of hydrogen-bond acceptors (Lipinski definition) is 4. The summed E-state index contributed by atoms with van der Waals surface area (Å²) in [7, 11) is 1.43. The van der Waals surface area contributed by atoms with Crippen molar-refractivity contribution in [1.82, 2.24) is 0 Å². The van der Waals surface area contributed by atoms with Crippen LogP contribution in [-0.4, -0.2) is 42.7 Å². The van der Waals surface area contributed by atoms with E-state index in [4.69, 9.17) is 21.3 Å².